The van der Waals surface area contributed by atoms with E-state index in [9.17, 15) is 14.7 Å². The average Bonchev–Trinajstić information content (AvgIpc) is 3.31. The summed E-state index contributed by atoms with van der Waals surface area (Å²) in [7, 11) is 1.51. The van der Waals surface area contributed by atoms with Crippen molar-refractivity contribution in [2.24, 2.45) is 0 Å². The molecule has 0 saturated heterocycles. The molecule has 0 aliphatic rings. The first kappa shape index (κ1) is 24.0. The lowest BCUT2D eigenvalue weighted by Crippen LogP contribution is -2.14. The van der Waals surface area contributed by atoms with Crippen LogP contribution in [0, 0.1) is 0 Å². The minimum absolute atomic E-state index is 0.0108. The Morgan fingerprint density at radius 3 is 2.31 bits per heavy atom. The number of nitrogens with zero attached hydrogens (tertiary/aromatic N) is 3. The number of benzene rings is 2. The van der Waals surface area contributed by atoms with Crippen molar-refractivity contribution in [2.45, 2.75) is 26.4 Å². The highest BCUT2D eigenvalue weighted by Gasteiger charge is 2.24. The van der Waals surface area contributed by atoms with E-state index in [4.69, 9.17) is 9.47 Å². The van der Waals surface area contributed by atoms with Gasteiger partial charge in [-0.25, -0.2) is 9.78 Å². The van der Waals surface area contributed by atoms with Crippen LogP contribution in [0.4, 0.5) is 0 Å². The van der Waals surface area contributed by atoms with Crippen LogP contribution in [-0.2, 0) is 11.2 Å². The van der Waals surface area contributed by atoms with Gasteiger partial charge in [-0.05, 0) is 61.4 Å². The van der Waals surface area contributed by atoms with Gasteiger partial charge in [-0.2, -0.15) is 8.75 Å². The number of carboxylic acids is 1. The van der Waals surface area contributed by atoms with Crippen LogP contribution in [0.2, 0.25) is 0 Å². The molecule has 0 bridgehead atoms. The highest BCUT2D eigenvalue weighted by molar-refractivity contribution is 7.00. The number of aromatic nitrogens is 3. The zero-order chi connectivity index (χ0) is 24.9. The van der Waals surface area contributed by atoms with Gasteiger partial charge < -0.3 is 14.6 Å². The largest absolute Gasteiger partial charge is 0.491 e. The average molecular weight is 490 g/mol. The SMILES string of the molecule is COc1ccc(CC(C(=O)c2ccc(OC(C)C)cc2)=C(C(=O)O)c2ccc3nsnc3c2)cn1. The third-order valence-electron chi connectivity index (χ3n) is 5.21. The number of methoxy groups -OCH3 is 1. The Hall–Kier alpha value is -4.11. The summed E-state index contributed by atoms with van der Waals surface area (Å²) < 4.78 is 19.2. The van der Waals surface area contributed by atoms with E-state index in [1.165, 1.54) is 7.11 Å². The second-order valence-electron chi connectivity index (χ2n) is 8.03. The predicted molar refractivity (Wildman–Crippen MR) is 133 cm³/mol. The summed E-state index contributed by atoms with van der Waals surface area (Å²) in [5.74, 6) is -0.560. The van der Waals surface area contributed by atoms with Gasteiger partial charge in [-0.15, -0.1) is 0 Å². The van der Waals surface area contributed by atoms with Gasteiger partial charge in [-0.1, -0.05) is 12.1 Å². The fourth-order valence-electron chi connectivity index (χ4n) is 3.62. The van der Waals surface area contributed by atoms with Crippen molar-refractivity contribution in [2.75, 3.05) is 7.11 Å². The van der Waals surface area contributed by atoms with Crippen LogP contribution in [-0.4, -0.2) is 43.8 Å². The topological polar surface area (TPSA) is 112 Å². The van der Waals surface area contributed by atoms with E-state index >= 15 is 0 Å². The maximum absolute atomic E-state index is 13.7. The third kappa shape index (κ3) is 5.52. The van der Waals surface area contributed by atoms with Crippen LogP contribution < -0.4 is 9.47 Å². The number of aliphatic carboxylic acids is 1. The van der Waals surface area contributed by atoms with Gasteiger partial charge >= 0.3 is 5.97 Å². The summed E-state index contributed by atoms with van der Waals surface area (Å²) in [5, 5.41) is 10.2. The van der Waals surface area contributed by atoms with E-state index in [1.54, 1.807) is 60.8 Å². The molecule has 2 heterocycles. The van der Waals surface area contributed by atoms with Crippen molar-refractivity contribution in [3.63, 3.8) is 0 Å². The zero-order valence-electron chi connectivity index (χ0n) is 19.4. The molecule has 0 saturated carbocycles. The Morgan fingerprint density at radius 1 is 0.971 bits per heavy atom. The summed E-state index contributed by atoms with van der Waals surface area (Å²) in [6.07, 6.45) is 1.62. The van der Waals surface area contributed by atoms with Crippen LogP contribution >= 0.6 is 11.7 Å². The Labute approximate surface area is 206 Å². The zero-order valence-corrected chi connectivity index (χ0v) is 20.2. The fraction of sp³-hybridized carbons (Fsp3) is 0.192. The van der Waals surface area contributed by atoms with E-state index in [0.29, 0.717) is 39.4 Å². The number of rotatable bonds is 9. The molecular weight excluding hydrogens is 466 g/mol. The van der Waals surface area contributed by atoms with Crippen LogP contribution in [0.25, 0.3) is 16.6 Å². The summed E-state index contributed by atoms with van der Waals surface area (Å²) in [6, 6.07) is 15.1. The molecule has 1 N–H and O–H groups in total. The van der Waals surface area contributed by atoms with Crippen molar-refractivity contribution >= 4 is 40.1 Å². The molecule has 2 aromatic heterocycles. The molecule has 4 rings (SSSR count). The molecule has 0 spiro atoms. The maximum atomic E-state index is 13.7. The van der Waals surface area contributed by atoms with Crippen molar-refractivity contribution in [1.82, 2.24) is 13.7 Å². The highest BCUT2D eigenvalue weighted by Crippen LogP contribution is 2.28. The minimum Gasteiger partial charge on any atom is -0.491 e. The van der Waals surface area contributed by atoms with Gasteiger partial charge in [-0.3, -0.25) is 4.79 Å². The van der Waals surface area contributed by atoms with Crippen LogP contribution in [0.15, 0.2) is 66.4 Å². The quantitative estimate of drug-likeness (QED) is 0.262. The number of hydrogen-bond donors (Lipinski definition) is 1. The number of carbonyl (C=O) groups excluding carboxylic acids is 1. The minimum atomic E-state index is -1.21. The van der Waals surface area contributed by atoms with Crippen molar-refractivity contribution in [3.05, 3.63) is 83.1 Å². The van der Waals surface area contributed by atoms with Gasteiger partial charge in [0.15, 0.2) is 5.78 Å². The first-order valence-corrected chi connectivity index (χ1v) is 11.6. The van der Waals surface area contributed by atoms with Gasteiger partial charge in [0.05, 0.1) is 30.5 Å². The molecule has 9 heteroatoms. The van der Waals surface area contributed by atoms with E-state index in [0.717, 1.165) is 11.7 Å². The normalized spacial score (nSPS) is 11.9. The standard InChI is InChI=1S/C26H23N3O5S/c1-15(2)34-19-8-5-17(6-9-19)25(30)20(12-16-4-11-23(33-3)27-14-16)24(26(31)32)18-7-10-21-22(13-18)29-35-28-21/h4-11,13-15H,12H2,1-3H3,(H,31,32). The Kier molecular flexibility index (Phi) is 7.17. The molecule has 35 heavy (non-hydrogen) atoms. The summed E-state index contributed by atoms with van der Waals surface area (Å²) in [4.78, 5) is 30.4. The monoisotopic (exact) mass is 489 g/mol. The molecule has 8 nitrogen and oxygen atoms in total. The van der Waals surface area contributed by atoms with Crippen molar-refractivity contribution in [3.8, 4) is 11.6 Å². The molecule has 178 valence electrons. The summed E-state index contributed by atoms with van der Waals surface area (Å²) >= 11 is 1.04. The second-order valence-corrected chi connectivity index (χ2v) is 8.56. The first-order valence-electron chi connectivity index (χ1n) is 10.8. The molecule has 4 aromatic rings. The molecule has 0 aliphatic heterocycles. The van der Waals surface area contributed by atoms with Crippen LogP contribution in [0.3, 0.4) is 0 Å². The predicted octanol–water partition coefficient (Wildman–Crippen LogP) is 4.85. The van der Waals surface area contributed by atoms with Gasteiger partial charge in [0, 0.05) is 29.8 Å². The van der Waals surface area contributed by atoms with Crippen LogP contribution in [0.5, 0.6) is 11.6 Å². The Balaban J connectivity index is 1.83. The van der Waals surface area contributed by atoms with E-state index in [1.807, 2.05) is 13.8 Å². The van der Waals surface area contributed by atoms with E-state index in [2.05, 4.69) is 13.7 Å². The van der Waals surface area contributed by atoms with Crippen molar-refractivity contribution in [1.29, 1.82) is 0 Å². The lowest BCUT2D eigenvalue weighted by atomic mass is 9.89. The number of carboxylic acid groups (broad SMARTS) is 1. The molecule has 0 aliphatic carbocycles. The molecular formula is C26H23N3O5S. The first-order chi connectivity index (χ1) is 16.9. The number of ketones is 1. The van der Waals surface area contributed by atoms with Gasteiger partial charge in [0.1, 0.15) is 16.8 Å². The lowest BCUT2D eigenvalue weighted by Gasteiger charge is -2.14. The number of Topliss-reactive ketones (excluding diaryl/α,β-unsaturated/α-hetero) is 1. The molecule has 0 unspecified atom stereocenters. The molecule has 0 fully saturated rings. The number of allylic oxidation sites excluding steroid dienone is 1. The van der Waals surface area contributed by atoms with Crippen molar-refractivity contribution < 1.29 is 24.2 Å². The number of fused-ring (bicyclic) bond motifs is 1. The Morgan fingerprint density at radius 2 is 1.69 bits per heavy atom. The number of hydrogen-bond acceptors (Lipinski definition) is 8. The fourth-order valence-corrected chi connectivity index (χ4v) is 4.14. The van der Waals surface area contributed by atoms with E-state index in [-0.39, 0.29) is 23.7 Å². The second kappa shape index (κ2) is 10.4. The number of ether oxygens (including phenoxy) is 2. The summed E-state index contributed by atoms with van der Waals surface area (Å²) in [5.41, 5.74) is 2.67. The van der Waals surface area contributed by atoms with Gasteiger partial charge in [0.25, 0.3) is 0 Å². The lowest BCUT2D eigenvalue weighted by molar-refractivity contribution is -0.130. The number of pyridine rings is 1. The molecule has 2 aromatic carbocycles. The molecule has 0 radical (unpaired) electrons. The van der Waals surface area contributed by atoms with Crippen LogP contribution in [0.1, 0.15) is 35.3 Å². The number of carbonyl (C=O) groups is 2. The highest BCUT2D eigenvalue weighted by atomic mass is 32.1. The van der Waals surface area contributed by atoms with E-state index < -0.39 is 11.8 Å². The smallest absolute Gasteiger partial charge is 0.336 e. The van der Waals surface area contributed by atoms with Gasteiger partial charge in [0.2, 0.25) is 5.88 Å². The third-order valence-corrected chi connectivity index (χ3v) is 5.76. The Bertz CT molecular complexity index is 1390. The summed E-state index contributed by atoms with van der Waals surface area (Å²) in [6.45, 7) is 3.83. The molecule has 0 atom stereocenters. The molecule has 0 amide bonds. The maximum Gasteiger partial charge on any atom is 0.336 e.